The van der Waals surface area contributed by atoms with Crippen molar-refractivity contribution in [3.8, 4) is 0 Å². The van der Waals surface area contributed by atoms with Crippen molar-refractivity contribution in [3.05, 3.63) is 51.7 Å². The Balaban J connectivity index is 1.36. The van der Waals surface area contributed by atoms with Crippen LogP contribution in [0.4, 0.5) is 5.69 Å². The van der Waals surface area contributed by atoms with Crippen LogP contribution in [0.2, 0.25) is 0 Å². The number of hydrogen-bond acceptors (Lipinski definition) is 4. The highest BCUT2D eigenvalue weighted by Gasteiger charge is 2.25. The summed E-state index contributed by atoms with van der Waals surface area (Å²) in [5, 5.41) is 11.5. The number of benzene rings is 1. The highest BCUT2D eigenvalue weighted by Crippen LogP contribution is 2.31. The van der Waals surface area contributed by atoms with Gasteiger partial charge in [0, 0.05) is 49.1 Å². The van der Waals surface area contributed by atoms with Crippen LogP contribution in [-0.2, 0) is 22.6 Å². The first kappa shape index (κ1) is 20.4. The van der Waals surface area contributed by atoms with E-state index in [-0.39, 0.29) is 24.3 Å². The maximum Gasteiger partial charge on any atom is 0.244 e. The number of hydrogen-bond donors (Lipinski definition) is 3. The van der Waals surface area contributed by atoms with E-state index in [0.717, 1.165) is 24.2 Å². The average Bonchev–Trinajstić information content (AvgIpc) is 3.23. The molecular weight excluding hydrogens is 398 g/mol. The number of nitrogens with zero attached hydrogens (tertiary/aromatic N) is 2. The van der Waals surface area contributed by atoms with Crippen molar-refractivity contribution >= 4 is 34.8 Å². The Labute approximate surface area is 180 Å². The predicted molar refractivity (Wildman–Crippen MR) is 120 cm³/mol. The van der Waals surface area contributed by atoms with Crippen molar-refractivity contribution in [2.45, 2.75) is 32.2 Å². The molecule has 3 N–H and O–H groups in total. The number of guanidine groups is 1. The van der Waals surface area contributed by atoms with Crippen molar-refractivity contribution in [1.29, 1.82) is 0 Å². The second-order valence-corrected chi connectivity index (χ2v) is 8.55. The molecule has 8 heteroatoms. The van der Waals surface area contributed by atoms with E-state index in [1.54, 1.807) is 11.3 Å². The number of carbonyl (C=O) groups excluding carboxylic acids is 2. The molecular formula is C22H27N5O2S. The SMILES string of the molecule is CCNC(=NCC(=O)N1CCc2sccc2C1)NCC1CC(=O)Nc2ccccc21. The van der Waals surface area contributed by atoms with Crippen molar-refractivity contribution in [2.24, 2.45) is 4.99 Å². The van der Waals surface area contributed by atoms with Crippen molar-refractivity contribution in [3.63, 3.8) is 0 Å². The van der Waals surface area contributed by atoms with Gasteiger partial charge in [0.25, 0.3) is 0 Å². The molecule has 30 heavy (non-hydrogen) atoms. The summed E-state index contributed by atoms with van der Waals surface area (Å²) in [4.78, 5) is 32.5. The molecule has 2 amide bonds. The first-order chi connectivity index (χ1) is 14.6. The summed E-state index contributed by atoms with van der Waals surface area (Å²) in [5.41, 5.74) is 3.25. The van der Waals surface area contributed by atoms with Gasteiger partial charge >= 0.3 is 0 Å². The summed E-state index contributed by atoms with van der Waals surface area (Å²) < 4.78 is 0. The van der Waals surface area contributed by atoms with E-state index in [1.807, 2.05) is 36.1 Å². The minimum Gasteiger partial charge on any atom is -0.357 e. The molecule has 2 aromatic rings. The molecule has 2 aliphatic rings. The Morgan fingerprint density at radius 2 is 2.17 bits per heavy atom. The van der Waals surface area contributed by atoms with Crippen LogP contribution >= 0.6 is 11.3 Å². The summed E-state index contributed by atoms with van der Waals surface area (Å²) in [6.45, 7) is 4.79. The quantitative estimate of drug-likeness (QED) is 0.507. The summed E-state index contributed by atoms with van der Waals surface area (Å²) in [6, 6.07) is 9.98. The fraction of sp³-hybridized carbons (Fsp3) is 0.409. The molecule has 2 aliphatic heterocycles. The maximum absolute atomic E-state index is 12.7. The standard InChI is InChI=1S/C22H27N5O2S/c1-2-23-22(24-12-16-11-20(28)26-18-6-4-3-5-17(16)18)25-13-21(29)27-9-7-19-15(14-27)8-10-30-19/h3-6,8,10,16H,2,7,9,11-14H2,1H3,(H,26,28)(H2,23,24,25). The Bertz CT molecular complexity index is 955. The van der Waals surface area contributed by atoms with Gasteiger partial charge in [-0.25, -0.2) is 4.99 Å². The highest BCUT2D eigenvalue weighted by atomic mass is 32.1. The molecule has 0 bridgehead atoms. The highest BCUT2D eigenvalue weighted by molar-refractivity contribution is 7.10. The van der Waals surface area contributed by atoms with Gasteiger partial charge in [-0.05, 0) is 42.0 Å². The van der Waals surface area contributed by atoms with Crippen LogP contribution in [0, 0.1) is 0 Å². The van der Waals surface area contributed by atoms with Gasteiger partial charge in [0.1, 0.15) is 6.54 Å². The lowest BCUT2D eigenvalue weighted by molar-refractivity contribution is -0.130. The topological polar surface area (TPSA) is 85.8 Å². The monoisotopic (exact) mass is 425 g/mol. The van der Waals surface area contributed by atoms with Crippen molar-refractivity contribution < 1.29 is 9.59 Å². The molecule has 0 fully saturated rings. The van der Waals surface area contributed by atoms with Crippen LogP contribution in [0.3, 0.4) is 0 Å². The number of aliphatic imine (C=N–C) groups is 1. The number of carbonyl (C=O) groups is 2. The van der Waals surface area contributed by atoms with E-state index < -0.39 is 0 Å². The molecule has 1 atom stereocenters. The minimum atomic E-state index is 0.0236. The van der Waals surface area contributed by atoms with E-state index in [0.29, 0.717) is 32.0 Å². The third-order valence-electron chi connectivity index (χ3n) is 5.50. The van der Waals surface area contributed by atoms with Gasteiger partial charge in [-0.3, -0.25) is 9.59 Å². The molecule has 4 rings (SSSR count). The van der Waals surface area contributed by atoms with Crippen LogP contribution < -0.4 is 16.0 Å². The Kier molecular flexibility index (Phi) is 6.32. The number of rotatable bonds is 5. The molecule has 3 heterocycles. The lowest BCUT2D eigenvalue weighted by atomic mass is 9.90. The summed E-state index contributed by atoms with van der Waals surface area (Å²) in [7, 11) is 0. The number of para-hydroxylation sites is 1. The number of nitrogens with one attached hydrogen (secondary N) is 3. The molecule has 0 saturated heterocycles. The normalized spacial score (nSPS) is 18.3. The van der Waals surface area contributed by atoms with E-state index in [4.69, 9.17) is 0 Å². The van der Waals surface area contributed by atoms with Gasteiger partial charge in [0.2, 0.25) is 11.8 Å². The fourth-order valence-corrected chi connectivity index (χ4v) is 4.84. The molecule has 7 nitrogen and oxygen atoms in total. The fourth-order valence-electron chi connectivity index (χ4n) is 3.95. The van der Waals surface area contributed by atoms with E-state index >= 15 is 0 Å². The molecule has 0 spiro atoms. The second-order valence-electron chi connectivity index (χ2n) is 7.55. The first-order valence-corrected chi connectivity index (χ1v) is 11.3. The molecule has 0 aliphatic carbocycles. The Hall–Kier alpha value is -2.87. The molecule has 158 valence electrons. The van der Waals surface area contributed by atoms with Gasteiger partial charge in [0.15, 0.2) is 5.96 Å². The maximum atomic E-state index is 12.7. The molecule has 1 unspecified atom stereocenters. The zero-order valence-electron chi connectivity index (χ0n) is 17.1. The number of thiophene rings is 1. The third kappa shape index (κ3) is 4.64. The molecule has 1 aromatic heterocycles. The van der Waals surface area contributed by atoms with Crippen LogP contribution in [0.5, 0.6) is 0 Å². The lowest BCUT2D eigenvalue weighted by Crippen LogP contribution is -2.42. The first-order valence-electron chi connectivity index (χ1n) is 10.4. The molecule has 0 radical (unpaired) electrons. The number of fused-ring (bicyclic) bond motifs is 2. The Morgan fingerprint density at radius 1 is 1.30 bits per heavy atom. The summed E-state index contributed by atoms with van der Waals surface area (Å²) in [6.07, 6.45) is 1.35. The lowest BCUT2D eigenvalue weighted by Gasteiger charge is -2.27. The van der Waals surface area contributed by atoms with Crippen LogP contribution in [0.1, 0.15) is 35.3 Å². The summed E-state index contributed by atoms with van der Waals surface area (Å²) in [5.74, 6) is 0.720. The third-order valence-corrected chi connectivity index (χ3v) is 6.52. The van der Waals surface area contributed by atoms with Crippen molar-refractivity contribution in [2.75, 3.05) is 31.5 Å². The molecule has 1 aromatic carbocycles. The van der Waals surface area contributed by atoms with Crippen molar-refractivity contribution in [1.82, 2.24) is 15.5 Å². The van der Waals surface area contributed by atoms with E-state index in [2.05, 4.69) is 32.4 Å². The predicted octanol–water partition coefficient (Wildman–Crippen LogP) is 2.31. The zero-order chi connectivity index (χ0) is 20.9. The van der Waals surface area contributed by atoms with E-state index in [9.17, 15) is 9.59 Å². The number of anilines is 1. The van der Waals surface area contributed by atoms with E-state index in [1.165, 1.54) is 10.4 Å². The van der Waals surface area contributed by atoms with Gasteiger partial charge in [-0.15, -0.1) is 11.3 Å². The largest absolute Gasteiger partial charge is 0.357 e. The second kappa shape index (κ2) is 9.30. The number of amides is 2. The summed E-state index contributed by atoms with van der Waals surface area (Å²) >= 11 is 1.77. The van der Waals surface area contributed by atoms with Gasteiger partial charge < -0.3 is 20.9 Å². The molecule has 0 saturated carbocycles. The zero-order valence-corrected chi connectivity index (χ0v) is 17.9. The Morgan fingerprint density at radius 3 is 3.03 bits per heavy atom. The minimum absolute atomic E-state index is 0.0236. The van der Waals surface area contributed by atoms with Gasteiger partial charge in [0.05, 0.1) is 0 Å². The van der Waals surface area contributed by atoms with Crippen LogP contribution in [0.25, 0.3) is 0 Å². The smallest absolute Gasteiger partial charge is 0.244 e. The van der Waals surface area contributed by atoms with Crippen LogP contribution in [0.15, 0.2) is 40.7 Å². The van der Waals surface area contributed by atoms with Gasteiger partial charge in [-0.1, -0.05) is 18.2 Å². The van der Waals surface area contributed by atoms with Crippen LogP contribution in [-0.4, -0.2) is 48.9 Å². The van der Waals surface area contributed by atoms with Gasteiger partial charge in [-0.2, -0.15) is 0 Å². The average molecular weight is 426 g/mol.